The minimum atomic E-state index is -3.60. The smallest absolute Gasteiger partial charge is 0.271 e. The summed E-state index contributed by atoms with van der Waals surface area (Å²) in [5.41, 5.74) is 7.32. The van der Waals surface area contributed by atoms with E-state index in [4.69, 9.17) is 15.2 Å². The number of hydrogen-bond donors (Lipinski definition) is 2. The van der Waals surface area contributed by atoms with Crippen LogP contribution in [0.1, 0.15) is 11.9 Å². The molecule has 3 rings (SSSR count). The van der Waals surface area contributed by atoms with E-state index in [1.807, 2.05) is 0 Å². The van der Waals surface area contributed by atoms with Crippen molar-refractivity contribution in [2.75, 3.05) is 23.7 Å². The van der Waals surface area contributed by atoms with Gasteiger partial charge >= 0.3 is 0 Å². The summed E-state index contributed by atoms with van der Waals surface area (Å²) in [6.07, 6.45) is -0.368. The van der Waals surface area contributed by atoms with E-state index < -0.39 is 10.0 Å². The number of hydrogen-bond acceptors (Lipinski definition) is 6. The van der Waals surface area contributed by atoms with Gasteiger partial charge in [-0.2, -0.15) is 0 Å². The third-order valence-electron chi connectivity index (χ3n) is 2.92. The van der Waals surface area contributed by atoms with Gasteiger partial charge in [-0.15, -0.1) is 11.3 Å². The van der Waals surface area contributed by atoms with Gasteiger partial charge in [-0.1, -0.05) is 12.1 Å². The number of nitrogens with one attached hydrogen (secondary N) is 1. The van der Waals surface area contributed by atoms with Crippen LogP contribution in [0.3, 0.4) is 0 Å². The summed E-state index contributed by atoms with van der Waals surface area (Å²) in [5, 5.41) is 1.59. The second-order valence-electron chi connectivity index (χ2n) is 4.50. The molecule has 0 atom stereocenters. The fraction of sp³-hybridized carbons (Fsp3) is 0.231. The molecule has 21 heavy (non-hydrogen) atoms. The first-order valence-electron chi connectivity index (χ1n) is 6.24. The Bertz CT molecular complexity index is 719. The summed E-state index contributed by atoms with van der Waals surface area (Å²) in [5.74, 6) is 0. The zero-order valence-corrected chi connectivity index (χ0v) is 12.6. The molecule has 0 amide bonds. The van der Waals surface area contributed by atoms with Crippen LogP contribution >= 0.6 is 11.3 Å². The van der Waals surface area contributed by atoms with E-state index in [1.54, 1.807) is 29.6 Å². The van der Waals surface area contributed by atoms with E-state index in [2.05, 4.69) is 4.72 Å². The van der Waals surface area contributed by atoms with Gasteiger partial charge in [-0.05, 0) is 18.2 Å². The number of ether oxygens (including phenoxy) is 2. The van der Waals surface area contributed by atoms with Crippen LogP contribution in [0.25, 0.3) is 0 Å². The number of benzene rings is 1. The standard InChI is InChI=1S/C13H14N2O4S2/c14-10-7-12(20-8-10)21(16,17)15-11-3-1-9(2-4-11)13-18-5-6-19-13/h1-4,7-8,13,15H,5-6,14H2. The molecule has 0 spiro atoms. The lowest BCUT2D eigenvalue weighted by molar-refractivity contribution is -0.0441. The lowest BCUT2D eigenvalue weighted by Gasteiger charge is -2.11. The second-order valence-corrected chi connectivity index (χ2v) is 7.32. The van der Waals surface area contributed by atoms with Gasteiger partial charge in [0.25, 0.3) is 10.0 Å². The average Bonchev–Trinajstić information content (AvgIpc) is 3.10. The first kappa shape index (κ1) is 14.3. The van der Waals surface area contributed by atoms with Crippen LogP contribution in [-0.4, -0.2) is 21.6 Å². The largest absolute Gasteiger partial charge is 0.398 e. The summed E-state index contributed by atoms with van der Waals surface area (Å²) in [6, 6.07) is 8.33. The minimum absolute atomic E-state index is 0.187. The highest BCUT2D eigenvalue weighted by molar-refractivity contribution is 7.94. The number of rotatable bonds is 4. The molecule has 1 fully saturated rings. The molecule has 2 heterocycles. The van der Waals surface area contributed by atoms with E-state index in [0.29, 0.717) is 24.6 Å². The Labute approximate surface area is 126 Å². The van der Waals surface area contributed by atoms with Gasteiger partial charge in [0.05, 0.1) is 13.2 Å². The third-order valence-corrected chi connectivity index (χ3v) is 5.76. The maximum Gasteiger partial charge on any atom is 0.271 e. The second kappa shape index (κ2) is 5.64. The molecule has 0 radical (unpaired) electrons. The number of nitrogens with two attached hydrogens (primary N) is 1. The molecule has 1 aliphatic heterocycles. The van der Waals surface area contributed by atoms with Crippen LogP contribution in [0.4, 0.5) is 11.4 Å². The first-order valence-corrected chi connectivity index (χ1v) is 8.61. The van der Waals surface area contributed by atoms with Crippen molar-refractivity contribution in [3.63, 3.8) is 0 Å². The zero-order valence-electron chi connectivity index (χ0n) is 11.0. The van der Waals surface area contributed by atoms with Gasteiger partial charge in [0.2, 0.25) is 0 Å². The highest BCUT2D eigenvalue weighted by Gasteiger charge is 2.19. The molecule has 8 heteroatoms. The van der Waals surface area contributed by atoms with E-state index in [9.17, 15) is 8.42 Å². The van der Waals surface area contributed by atoms with Crippen LogP contribution in [-0.2, 0) is 19.5 Å². The Hall–Kier alpha value is -1.61. The fourth-order valence-electron chi connectivity index (χ4n) is 1.94. The van der Waals surface area contributed by atoms with Gasteiger partial charge < -0.3 is 15.2 Å². The van der Waals surface area contributed by atoms with E-state index >= 15 is 0 Å². The van der Waals surface area contributed by atoms with Crippen LogP contribution in [0, 0.1) is 0 Å². The maximum absolute atomic E-state index is 12.2. The van der Waals surface area contributed by atoms with Crippen molar-refractivity contribution in [3.8, 4) is 0 Å². The molecule has 112 valence electrons. The Morgan fingerprint density at radius 1 is 1.19 bits per heavy atom. The van der Waals surface area contributed by atoms with Crippen LogP contribution in [0.15, 0.2) is 39.9 Å². The van der Waals surface area contributed by atoms with Crippen LogP contribution in [0.2, 0.25) is 0 Å². The average molecular weight is 326 g/mol. The van der Waals surface area contributed by atoms with E-state index in [-0.39, 0.29) is 10.5 Å². The topological polar surface area (TPSA) is 90.7 Å². The molecule has 0 saturated carbocycles. The number of thiophene rings is 1. The number of sulfonamides is 1. The van der Waals surface area contributed by atoms with Gasteiger partial charge in [0.1, 0.15) is 4.21 Å². The summed E-state index contributed by atoms with van der Waals surface area (Å²) in [4.78, 5) is 0. The SMILES string of the molecule is Nc1csc(S(=O)(=O)Nc2ccc(C3OCCO3)cc2)c1. The molecule has 0 unspecified atom stereocenters. The summed E-state index contributed by atoms with van der Waals surface area (Å²) in [7, 11) is -3.60. The molecule has 0 bridgehead atoms. The number of nitrogen functional groups attached to an aromatic ring is 1. The van der Waals surface area contributed by atoms with Crippen molar-refractivity contribution in [1.82, 2.24) is 0 Å². The molecule has 6 nitrogen and oxygen atoms in total. The van der Waals surface area contributed by atoms with Crippen molar-refractivity contribution >= 4 is 32.7 Å². The Morgan fingerprint density at radius 2 is 1.86 bits per heavy atom. The molecule has 2 aromatic rings. The first-order chi connectivity index (χ1) is 10.0. The Balaban J connectivity index is 1.75. The summed E-state index contributed by atoms with van der Waals surface area (Å²) >= 11 is 1.08. The van der Waals surface area contributed by atoms with Crippen LogP contribution < -0.4 is 10.5 Å². The van der Waals surface area contributed by atoms with E-state index in [0.717, 1.165) is 16.9 Å². The lowest BCUT2D eigenvalue weighted by atomic mass is 10.2. The quantitative estimate of drug-likeness (QED) is 0.898. The van der Waals surface area contributed by atoms with Crippen molar-refractivity contribution < 1.29 is 17.9 Å². The van der Waals surface area contributed by atoms with Crippen molar-refractivity contribution in [2.45, 2.75) is 10.5 Å². The van der Waals surface area contributed by atoms with E-state index in [1.165, 1.54) is 6.07 Å². The molecule has 1 aliphatic rings. The molecular formula is C13H14N2O4S2. The van der Waals surface area contributed by atoms with Crippen LogP contribution in [0.5, 0.6) is 0 Å². The maximum atomic E-state index is 12.2. The lowest BCUT2D eigenvalue weighted by Crippen LogP contribution is -2.11. The predicted octanol–water partition coefficient (Wildman–Crippen LogP) is 2.18. The van der Waals surface area contributed by atoms with Gasteiger partial charge in [-0.3, -0.25) is 4.72 Å². The van der Waals surface area contributed by atoms with Gasteiger partial charge in [-0.25, -0.2) is 8.42 Å². The highest BCUT2D eigenvalue weighted by atomic mass is 32.2. The summed E-state index contributed by atoms with van der Waals surface area (Å²) < 4.78 is 37.8. The normalized spacial score (nSPS) is 16.2. The molecule has 1 aromatic carbocycles. The van der Waals surface area contributed by atoms with Crippen molar-refractivity contribution in [1.29, 1.82) is 0 Å². The highest BCUT2D eigenvalue weighted by Crippen LogP contribution is 2.27. The third kappa shape index (κ3) is 3.18. The Morgan fingerprint density at radius 3 is 2.43 bits per heavy atom. The van der Waals surface area contributed by atoms with Gasteiger partial charge in [0.15, 0.2) is 6.29 Å². The fourth-order valence-corrected chi connectivity index (χ4v) is 4.07. The molecule has 3 N–H and O–H groups in total. The molecular weight excluding hydrogens is 312 g/mol. The minimum Gasteiger partial charge on any atom is -0.398 e. The van der Waals surface area contributed by atoms with Gasteiger partial charge in [0, 0.05) is 22.3 Å². The monoisotopic (exact) mass is 326 g/mol. The Kier molecular flexibility index (Phi) is 3.85. The summed E-state index contributed by atoms with van der Waals surface area (Å²) in [6.45, 7) is 1.14. The van der Waals surface area contributed by atoms with Crippen molar-refractivity contribution in [3.05, 3.63) is 41.3 Å². The molecule has 0 aliphatic carbocycles. The zero-order chi connectivity index (χ0) is 14.9. The number of anilines is 2. The predicted molar refractivity (Wildman–Crippen MR) is 80.6 cm³/mol. The van der Waals surface area contributed by atoms with Crippen molar-refractivity contribution in [2.24, 2.45) is 0 Å². The molecule has 1 aromatic heterocycles. The molecule has 1 saturated heterocycles.